The van der Waals surface area contributed by atoms with Crippen molar-refractivity contribution in [2.24, 2.45) is 13.0 Å². The van der Waals surface area contributed by atoms with Crippen molar-refractivity contribution in [1.82, 2.24) is 4.57 Å². The maximum atomic E-state index is 11.6. The molecule has 1 heterocycles. The molecule has 0 spiro atoms. The van der Waals surface area contributed by atoms with Crippen molar-refractivity contribution in [3.8, 4) is 22.6 Å². The van der Waals surface area contributed by atoms with Gasteiger partial charge in [-0.2, -0.15) is 0 Å². The van der Waals surface area contributed by atoms with Gasteiger partial charge < -0.3 is 14.8 Å². The zero-order valence-electron chi connectivity index (χ0n) is 15.5. The van der Waals surface area contributed by atoms with Gasteiger partial charge in [-0.05, 0) is 61.9 Å². The van der Waals surface area contributed by atoms with E-state index in [1.807, 2.05) is 6.92 Å². The Kier molecular flexibility index (Phi) is 4.77. The van der Waals surface area contributed by atoms with Crippen molar-refractivity contribution < 1.29 is 10.2 Å². The van der Waals surface area contributed by atoms with Crippen LogP contribution in [-0.2, 0) is 7.05 Å². The number of allylic oxidation sites excluding steroid dienone is 3. The fourth-order valence-corrected chi connectivity index (χ4v) is 3.80. The number of hydrogen-bond acceptors (Lipinski definition) is 3. The third kappa shape index (κ3) is 3.32. The second-order valence-electron chi connectivity index (χ2n) is 7.33. The lowest BCUT2D eigenvalue weighted by atomic mass is 9.73. The van der Waals surface area contributed by atoms with Crippen molar-refractivity contribution in [3.05, 3.63) is 70.2 Å². The Morgan fingerprint density at radius 2 is 1.85 bits per heavy atom. The standard InChI is InChI=1S/C22H25NO3/c1-13(2)17-7-5-14(3)9-18(17)22-19(24)10-16(11-20(22)25)15-6-8-21(26)23(4)12-15/h6,8-12,17-18,24-25H,1,5,7H2,2-4H3/t17-,18+/m0/s1. The Labute approximate surface area is 153 Å². The molecule has 1 aromatic carbocycles. The van der Waals surface area contributed by atoms with Gasteiger partial charge in [-0.1, -0.05) is 23.8 Å². The fraction of sp³-hybridized carbons (Fsp3) is 0.318. The zero-order chi connectivity index (χ0) is 19.0. The Morgan fingerprint density at radius 1 is 1.19 bits per heavy atom. The topological polar surface area (TPSA) is 62.5 Å². The van der Waals surface area contributed by atoms with Gasteiger partial charge in [0.05, 0.1) is 0 Å². The van der Waals surface area contributed by atoms with Crippen LogP contribution in [0, 0.1) is 5.92 Å². The summed E-state index contributed by atoms with van der Waals surface area (Å²) in [7, 11) is 1.67. The van der Waals surface area contributed by atoms with Crippen LogP contribution in [0.2, 0.25) is 0 Å². The number of benzene rings is 1. The molecule has 136 valence electrons. The lowest BCUT2D eigenvalue weighted by Crippen LogP contribution is -2.17. The average Bonchev–Trinajstić information content (AvgIpc) is 2.56. The van der Waals surface area contributed by atoms with E-state index in [1.165, 1.54) is 16.2 Å². The Bertz CT molecular complexity index is 929. The molecule has 26 heavy (non-hydrogen) atoms. The molecule has 0 radical (unpaired) electrons. The molecule has 0 amide bonds. The number of aromatic hydroxyl groups is 2. The highest BCUT2D eigenvalue weighted by molar-refractivity contribution is 5.69. The highest BCUT2D eigenvalue weighted by Gasteiger charge is 2.30. The first-order chi connectivity index (χ1) is 12.3. The molecule has 2 N–H and O–H groups in total. The number of hydrogen-bond donors (Lipinski definition) is 2. The van der Waals surface area contributed by atoms with Crippen LogP contribution >= 0.6 is 0 Å². The summed E-state index contributed by atoms with van der Waals surface area (Å²) < 4.78 is 1.47. The van der Waals surface area contributed by atoms with E-state index >= 15 is 0 Å². The van der Waals surface area contributed by atoms with Crippen LogP contribution in [0.1, 0.15) is 38.2 Å². The van der Waals surface area contributed by atoms with Gasteiger partial charge in [0, 0.05) is 30.8 Å². The second kappa shape index (κ2) is 6.87. The first kappa shape index (κ1) is 18.1. The van der Waals surface area contributed by atoms with E-state index in [0.717, 1.165) is 24.0 Å². The molecule has 4 heteroatoms. The first-order valence-electron chi connectivity index (χ1n) is 8.83. The Hall–Kier alpha value is -2.75. The van der Waals surface area contributed by atoms with Crippen LogP contribution in [0.5, 0.6) is 11.5 Å². The fourth-order valence-electron chi connectivity index (χ4n) is 3.80. The van der Waals surface area contributed by atoms with E-state index in [9.17, 15) is 15.0 Å². The molecule has 2 aromatic rings. The van der Waals surface area contributed by atoms with Gasteiger partial charge in [0.25, 0.3) is 0 Å². The number of aryl methyl sites for hydroxylation is 1. The summed E-state index contributed by atoms with van der Waals surface area (Å²) >= 11 is 0. The van der Waals surface area contributed by atoms with Gasteiger partial charge in [-0.3, -0.25) is 4.79 Å². The molecule has 0 aliphatic heterocycles. The van der Waals surface area contributed by atoms with Crippen molar-refractivity contribution in [1.29, 1.82) is 0 Å². The van der Waals surface area contributed by atoms with Crippen LogP contribution in [0.15, 0.2) is 59.1 Å². The SMILES string of the molecule is C=C(C)[C@@H]1CCC(C)=C[C@H]1c1c(O)cc(-c2ccc(=O)n(C)c2)cc1O. The minimum Gasteiger partial charge on any atom is -0.507 e. The molecule has 1 aliphatic carbocycles. The third-order valence-corrected chi connectivity index (χ3v) is 5.27. The predicted octanol–water partition coefficient (Wildman–Crippen LogP) is 4.48. The summed E-state index contributed by atoms with van der Waals surface area (Å²) in [5, 5.41) is 21.4. The van der Waals surface area contributed by atoms with Crippen LogP contribution in [0.3, 0.4) is 0 Å². The van der Waals surface area contributed by atoms with Gasteiger partial charge in [0.2, 0.25) is 5.56 Å². The van der Waals surface area contributed by atoms with Crippen molar-refractivity contribution in [2.75, 3.05) is 0 Å². The van der Waals surface area contributed by atoms with Gasteiger partial charge in [0.1, 0.15) is 11.5 Å². The molecule has 0 bridgehead atoms. The van der Waals surface area contributed by atoms with E-state index < -0.39 is 0 Å². The molecule has 1 aromatic heterocycles. The molecular weight excluding hydrogens is 326 g/mol. The van der Waals surface area contributed by atoms with E-state index in [2.05, 4.69) is 19.6 Å². The maximum Gasteiger partial charge on any atom is 0.250 e. The van der Waals surface area contributed by atoms with Crippen LogP contribution in [0.4, 0.5) is 0 Å². The Morgan fingerprint density at radius 3 is 2.42 bits per heavy atom. The maximum absolute atomic E-state index is 11.6. The Balaban J connectivity index is 2.09. The lowest BCUT2D eigenvalue weighted by Gasteiger charge is -2.31. The number of rotatable bonds is 3. The molecule has 0 saturated heterocycles. The summed E-state index contributed by atoms with van der Waals surface area (Å²) in [5.41, 5.74) is 4.18. The first-order valence-corrected chi connectivity index (χ1v) is 8.83. The molecule has 0 unspecified atom stereocenters. The third-order valence-electron chi connectivity index (χ3n) is 5.27. The van der Waals surface area contributed by atoms with Crippen molar-refractivity contribution >= 4 is 0 Å². The normalized spacial score (nSPS) is 19.9. The van der Waals surface area contributed by atoms with Crippen LogP contribution in [-0.4, -0.2) is 14.8 Å². The minimum absolute atomic E-state index is 0.0658. The molecule has 4 nitrogen and oxygen atoms in total. The van der Waals surface area contributed by atoms with Crippen LogP contribution in [0.25, 0.3) is 11.1 Å². The summed E-state index contributed by atoms with van der Waals surface area (Å²) in [5.74, 6) is 0.237. The number of aromatic nitrogens is 1. The van der Waals surface area contributed by atoms with Crippen molar-refractivity contribution in [2.45, 2.75) is 32.6 Å². The molecule has 3 rings (SSSR count). The number of nitrogens with zero attached hydrogens (tertiary/aromatic N) is 1. The van der Waals surface area contributed by atoms with E-state index in [-0.39, 0.29) is 28.9 Å². The summed E-state index contributed by atoms with van der Waals surface area (Å²) in [6, 6.07) is 6.48. The van der Waals surface area contributed by atoms with Gasteiger partial charge in [0.15, 0.2) is 0 Å². The molecule has 0 fully saturated rings. The quantitative estimate of drug-likeness (QED) is 0.802. The second-order valence-corrected chi connectivity index (χ2v) is 7.33. The van der Waals surface area contributed by atoms with Gasteiger partial charge in [-0.15, -0.1) is 0 Å². The largest absolute Gasteiger partial charge is 0.507 e. The van der Waals surface area contributed by atoms with Crippen molar-refractivity contribution in [3.63, 3.8) is 0 Å². The minimum atomic E-state index is -0.106. The average molecular weight is 351 g/mol. The lowest BCUT2D eigenvalue weighted by molar-refractivity contribution is 0.407. The van der Waals surface area contributed by atoms with E-state index in [4.69, 9.17) is 0 Å². The summed E-state index contributed by atoms with van der Waals surface area (Å²) in [6.45, 7) is 8.17. The molecule has 1 aliphatic rings. The molecule has 2 atom stereocenters. The molecular formula is C22H25NO3. The van der Waals surface area contributed by atoms with Gasteiger partial charge >= 0.3 is 0 Å². The number of phenolic OH excluding ortho intramolecular Hbond substituents is 2. The predicted molar refractivity (Wildman–Crippen MR) is 104 cm³/mol. The van der Waals surface area contributed by atoms with Gasteiger partial charge in [-0.25, -0.2) is 0 Å². The van der Waals surface area contributed by atoms with E-state index in [1.54, 1.807) is 31.4 Å². The molecule has 0 saturated carbocycles. The summed E-state index contributed by atoms with van der Waals surface area (Å²) in [6.07, 6.45) is 5.79. The highest BCUT2D eigenvalue weighted by Crippen LogP contribution is 2.47. The monoisotopic (exact) mass is 351 g/mol. The number of phenols is 2. The zero-order valence-corrected chi connectivity index (χ0v) is 15.5. The van der Waals surface area contributed by atoms with Crippen LogP contribution < -0.4 is 5.56 Å². The number of pyridine rings is 1. The summed E-state index contributed by atoms with van der Waals surface area (Å²) in [4.78, 5) is 11.6. The highest BCUT2D eigenvalue weighted by atomic mass is 16.3. The van der Waals surface area contributed by atoms with E-state index in [0.29, 0.717) is 11.1 Å². The smallest absolute Gasteiger partial charge is 0.250 e.